The fourth-order valence-electron chi connectivity index (χ4n) is 3.44. The molecule has 0 aliphatic carbocycles. The van der Waals surface area contributed by atoms with Gasteiger partial charge in [0.2, 0.25) is 16.0 Å². The second kappa shape index (κ2) is 8.51. The zero-order chi connectivity index (χ0) is 20.4. The first-order valence-electron chi connectivity index (χ1n) is 9.70. The third kappa shape index (κ3) is 4.43. The van der Waals surface area contributed by atoms with Crippen molar-refractivity contribution in [2.75, 3.05) is 31.1 Å². The van der Waals surface area contributed by atoms with Crippen LogP contribution in [0.3, 0.4) is 0 Å². The minimum Gasteiger partial charge on any atom is -0.343 e. The minimum atomic E-state index is -0.142. The van der Waals surface area contributed by atoms with Gasteiger partial charge in [-0.1, -0.05) is 48.4 Å². The molecule has 0 atom stereocenters. The SMILES string of the molecule is CCCc1cc(=O)n2nc(N3CCN(C(=O)Cc4cccc(Cl)c4)CC3)sc2n1. The highest BCUT2D eigenvalue weighted by atomic mass is 35.5. The molecule has 1 fully saturated rings. The highest BCUT2D eigenvalue weighted by Crippen LogP contribution is 2.23. The van der Waals surface area contributed by atoms with Gasteiger partial charge in [0.1, 0.15) is 0 Å². The van der Waals surface area contributed by atoms with E-state index in [2.05, 4.69) is 21.9 Å². The van der Waals surface area contributed by atoms with Crippen molar-refractivity contribution in [1.29, 1.82) is 0 Å². The first-order chi connectivity index (χ1) is 14.0. The van der Waals surface area contributed by atoms with Crippen LogP contribution in [0.15, 0.2) is 35.1 Å². The molecule has 2 aromatic heterocycles. The van der Waals surface area contributed by atoms with Gasteiger partial charge in [0.05, 0.1) is 6.42 Å². The Labute approximate surface area is 177 Å². The molecule has 152 valence electrons. The van der Waals surface area contributed by atoms with E-state index in [9.17, 15) is 9.59 Å². The molecule has 0 unspecified atom stereocenters. The number of hydrogen-bond acceptors (Lipinski definition) is 6. The molecule has 0 N–H and O–H groups in total. The fourth-order valence-corrected chi connectivity index (χ4v) is 4.63. The van der Waals surface area contributed by atoms with Crippen molar-refractivity contribution in [3.8, 4) is 0 Å². The van der Waals surface area contributed by atoms with E-state index in [1.807, 2.05) is 23.1 Å². The number of piperazine rings is 1. The van der Waals surface area contributed by atoms with Crippen molar-refractivity contribution in [2.45, 2.75) is 26.2 Å². The van der Waals surface area contributed by atoms with Gasteiger partial charge in [0.15, 0.2) is 0 Å². The molecular weight excluding hydrogens is 410 g/mol. The molecule has 1 amide bonds. The normalized spacial score (nSPS) is 14.6. The maximum atomic E-state index is 12.6. The number of rotatable bonds is 5. The van der Waals surface area contributed by atoms with Crippen LogP contribution >= 0.6 is 22.9 Å². The molecule has 0 radical (unpaired) electrons. The van der Waals surface area contributed by atoms with E-state index in [0.717, 1.165) is 29.2 Å². The average molecular weight is 432 g/mol. The number of anilines is 1. The van der Waals surface area contributed by atoms with Gasteiger partial charge in [0, 0.05) is 43.0 Å². The van der Waals surface area contributed by atoms with Gasteiger partial charge in [-0.05, 0) is 24.1 Å². The highest BCUT2D eigenvalue weighted by molar-refractivity contribution is 7.20. The molecule has 0 spiro atoms. The molecule has 0 saturated carbocycles. The standard InChI is InChI=1S/C20H22ClN5O2S/c1-2-4-16-13-18(28)26-19(22-16)29-20(23-26)25-9-7-24(8-10-25)17(27)12-14-5-3-6-15(21)11-14/h3,5-6,11,13H,2,4,7-10,12H2,1H3. The molecule has 1 saturated heterocycles. The van der Waals surface area contributed by atoms with E-state index in [1.54, 1.807) is 12.1 Å². The largest absolute Gasteiger partial charge is 0.343 e. The molecule has 1 aliphatic heterocycles. The second-order valence-electron chi connectivity index (χ2n) is 7.09. The summed E-state index contributed by atoms with van der Waals surface area (Å²) in [5.41, 5.74) is 1.59. The van der Waals surface area contributed by atoms with Crippen LogP contribution in [0.5, 0.6) is 0 Å². The Hall–Kier alpha value is -2.45. The molecule has 4 rings (SSSR count). The van der Waals surface area contributed by atoms with Gasteiger partial charge in [-0.15, -0.1) is 5.10 Å². The number of aromatic nitrogens is 3. The molecular formula is C20H22ClN5O2S. The summed E-state index contributed by atoms with van der Waals surface area (Å²) in [5, 5.41) is 5.86. The summed E-state index contributed by atoms with van der Waals surface area (Å²) in [6, 6.07) is 8.97. The summed E-state index contributed by atoms with van der Waals surface area (Å²) < 4.78 is 1.37. The van der Waals surface area contributed by atoms with E-state index >= 15 is 0 Å². The molecule has 3 aromatic rings. The predicted molar refractivity (Wildman–Crippen MR) is 115 cm³/mol. The number of hydrogen-bond donors (Lipinski definition) is 0. The maximum Gasteiger partial charge on any atom is 0.275 e. The molecule has 0 bridgehead atoms. The Balaban J connectivity index is 1.42. The molecule has 9 heteroatoms. The monoisotopic (exact) mass is 431 g/mol. The molecule has 3 heterocycles. The van der Waals surface area contributed by atoms with Crippen molar-refractivity contribution in [3.63, 3.8) is 0 Å². The van der Waals surface area contributed by atoms with Crippen LogP contribution in [-0.2, 0) is 17.6 Å². The summed E-state index contributed by atoms with van der Waals surface area (Å²) in [6.45, 7) is 4.67. The van der Waals surface area contributed by atoms with Crippen LogP contribution < -0.4 is 10.5 Å². The fraction of sp³-hybridized carbons (Fsp3) is 0.400. The Morgan fingerprint density at radius 2 is 2.00 bits per heavy atom. The zero-order valence-electron chi connectivity index (χ0n) is 16.2. The van der Waals surface area contributed by atoms with Crippen LogP contribution in [0.4, 0.5) is 5.13 Å². The van der Waals surface area contributed by atoms with Crippen LogP contribution in [0, 0.1) is 0 Å². The van der Waals surface area contributed by atoms with Crippen molar-refractivity contribution in [3.05, 3.63) is 57.0 Å². The lowest BCUT2D eigenvalue weighted by atomic mass is 10.1. The van der Waals surface area contributed by atoms with Crippen molar-refractivity contribution in [1.82, 2.24) is 19.5 Å². The molecule has 1 aromatic carbocycles. The van der Waals surface area contributed by atoms with E-state index in [-0.39, 0.29) is 11.5 Å². The van der Waals surface area contributed by atoms with E-state index < -0.39 is 0 Å². The lowest BCUT2D eigenvalue weighted by molar-refractivity contribution is -0.130. The van der Waals surface area contributed by atoms with Crippen LogP contribution in [0.1, 0.15) is 24.6 Å². The Bertz CT molecular complexity index is 1090. The number of amides is 1. The third-order valence-corrected chi connectivity index (χ3v) is 6.15. The van der Waals surface area contributed by atoms with Crippen LogP contribution in [0.25, 0.3) is 4.96 Å². The van der Waals surface area contributed by atoms with E-state index in [1.165, 1.54) is 15.9 Å². The van der Waals surface area contributed by atoms with Gasteiger partial charge < -0.3 is 9.80 Å². The predicted octanol–water partition coefficient (Wildman–Crippen LogP) is 2.65. The summed E-state index contributed by atoms with van der Waals surface area (Å²) in [5.74, 6) is 0.0957. The van der Waals surface area contributed by atoms with Crippen molar-refractivity contribution >= 4 is 38.9 Å². The van der Waals surface area contributed by atoms with Gasteiger partial charge in [-0.2, -0.15) is 4.52 Å². The lowest BCUT2D eigenvalue weighted by Crippen LogP contribution is -2.49. The average Bonchev–Trinajstić information content (AvgIpc) is 3.13. The smallest absolute Gasteiger partial charge is 0.275 e. The molecule has 7 nitrogen and oxygen atoms in total. The summed E-state index contributed by atoms with van der Waals surface area (Å²) in [7, 11) is 0. The minimum absolute atomic E-state index is 0.0957. The van der Waals surface area contributed by atoms with E-state index in [4.69, 9.17) is 11.6 Å². The summed E-state index contributed by atoms with van der Waals surface area (Å²) in [6.07, 6.45) is 2.08. The van der Waals surface area contributed by atoms with Gasteiger partial charge in [-0.3, -0.25) is 9.59 Å². The van der Waals surface area contributed by atoms with Crippen molar-refractivity contribution < 1.29 is 4.79 Å². The second-order valence-corrected chi connectivity index (χ2v) is 8.46. The quantitative estimate of drug-likeness (QED) is 0.621. The van der Waals surface area contributed by atoms with Crippen LogP contribution in [0.2, 0.25) is 5.02 Å². The maximum absolute atomic E-state index is 12.6. The summed E-state index contributed by atoms with van der Waals surface area (Å²) >= 11 is 7.43. The number of aryl methyl sites for hydroxylation is 1. The Morgan fingerprint density at radius 1 is 1.21 bits per heavy atom. The first-order valence-corrected chi connectivity index (χ1v) is 10.9. The first kappa shape index (κ1) is 19.8. The molecule has 1 aliphatic rings. The van der Waals surface area contributed by atoms with Gasteiger partial charge >= 0.3 is 0 Å². The van der Waals surface area contributed by atoms with Crippen LogP contribution in [-0.4, -0.2) is 51.6 Å². The molecule has 29 heavy (non-hydrogen) atoms. The number of halogens is 1. The zero-order valence-corrected chi connectivity index (χ0v) is 17.7. The number of benzene rings is 1. The number of nitrogens with zero attached hydrogens (tertiary/aromatic N) is 5. The van der Waals surface area contributed by atoms with Gasteiger partial charge in [0.25, 0.3) is 5.56 Å². The number of carbonyl (C=O) groups excluding carboxylic acids is 1. The Kier molecular flexibility index (Phi) is 5.82. The number of carbonyl (C=O) groups is 1. The van der Waals surface area contributed by atoms with Crippen molar-refractivity contribution in [2.24, 2.45) is 0 Å². The van der Waals surface area contributed by atoms with E-state index in [0.29, 0.717) is 42.6 Å². The Morgan fingerprint density at radius 3 is 2.72 bits per heavy atom. The summed E-state index contributed by atoms with van der Waals surface area (Å²) in [4.78, 5) is 34.1. The lowest BCUT2D eigenvalue weighted by Gasteiger charge is -2.34. The number of fused-ring (bicyclic) bond motifs is 1. The topological polar surface area (TPSA) is 70.8 Å². The highest BCUT2D eigenvalue weighted by Gasteiger charge is 2.24. The third-order valence-electron chi connectivity index (χ3n) is 4.94. The van der Waals surface area contributed by atoms with Gasteiger partial charge in [-0.25, -0.2) is 4.98 Å².